The molecule has 2 aromatic carbocycles. The number of amides is 1. The lowest BCUT2D eigenvalue weighted by molar-refractivity contribution is -0.384. The van der Waals surface area contributed by atoms with Crippen LogP contribution in [0.4, 0.5) is 11.4 Å². The Morgan fingerprint density at radius 3 is 2.55 bits per heavy atom. The van der Waals surface area contributed by atoms with E-state index in [2.05, 4.69) is 4.98 Å². The number of anilines is 1. The van der Waals surface area contributed by atoms with Crippen LogP contribution in [0.3, 0.4) is 0 Å². The largest absolute Gasteiger partial charge is 0.362 e. The van der Waals surface area contributed by atoms with Crippen molar-refractivity contribution in [2.45, 2.75) is 0 Å². The minimum atomic E-state index is -0.367. The number of hydrogen-bond acceptors (Lipinski definition) is 5. The highest BCUT2D eigenvalue weighted by Gasteiger charge is 2.24. The first-order valence-electron chi connectivity index (χ1n) is 9.42. The van der Waals surface area contributed by atoms with Crippen LogP contribution in [-0.2, 0) is 4.79 Å². The fraction of sp³-hybridized carbons (Fsp3) is 0.182. The third kappa shape index (κ3) is 3.94. The molecule has 2 heterocycles. The molecule has 146 valence electrons. The lowest BCUT2D eigenvalue weighted by atomic mass is 10.1. The van der Waals surface area contributed by atoms with Crippen molar-refractivity contribution >= 4 is 34.3 Å². The molecule has 1 amide bonds. The van der Waals surface area contributed by atoms with Gasteiger partial charge in [0.1, 0.15) is 5.69 Å². The molecule has 0 unspecified atom stereocenters. The lowest BCUT2D eigenvalue weighted by Crippen LogP contribution is -2.48. The molecule has 0 spiro atoms. The summed E-state index contributed by atoms with van der Waals surface area (Å²) in [6.07, 6.45) is 5.11. The van der Waals surface area contributed by atoms with Crippen LogP contribution < -0.4 is 4.90 Å². The van der Waals surface area contributed by atoms with E-state index in [0.29, 0.717) is 31.9 Å². The van der Waals surface area contributed by atoms with Crippen LogP contribution in [-0.4, -0.2) is 46.9 Å². The van der Waals surface area contributed by atoms with E-state index in [-0.39, 0.29) is 16.5 Å². The fourth-order valence-electron chi connectivity index (χ4n) is 3.58. The van der Waals surface area contributed by atoms with Crippen LogP contribution in [0.1, 0.15) is 5.56 Å². The highest BCUT2D eigenvalue weighted by atomic mass is 16.6. The summed E-state index contributed by atoms with van der Waals surface area (Å²) in [4.78, 5) is 31.6. The third-order valence-corrected chi connectivity index (χ3v) is 5.08. The number of aromatic nitrogens is 1. The predicted octanol–water partition coefficient (Wildman–Crippen LogP) is 3.51. The molecule has 0 bridgehead atoms. The van der Waals surface area contributed by atoms with E-state index in [1.54, 1.807) is 41.4 Å². The van der Waals surface area contributed by atoms with Crippen molar-refractivity contribution in [3.63, 3.8) is 0 Å². The molecule has 0 atom stereocenters. The summed E-state index contributed by atoms with van der Waals surface area (Å²) in [5, 5.41) is 12.3. The van der Waals surface area contributed by atoms with Crippen LogP contribution >= 0.6 is 0 Å². The molecule has 1 fully saturated rings. The molecule has 7 nitrogen and oxygen atoms in total. The molecule has 4 rings (SSSR count). The van der Waals surface area contributed by atoms with Crippen molar-refractivity contribution in [1.29, 1.82) is 0 Å². The molecular weight excluding hydrogens is 368 g/mol. The highest BCUT2D eigenvalue weighted by molar-refractivity contribution is 5.95. The highest BCUT2D eigenvalue weighted by Crippen LogP contribution is 2.28. The summed E-state index contributed by atoms with van der Waals surface area (Å²) >= 11 is 0. The Morgan fingerprint density at radius 1 is 1.00 bits per heavy atom. The van der Waals surface area contributed by atoms with E-state index < -0.39 is 0 Å². The van der Waals surface area contributed by atoms with Crippen LogP contribution in [0, 0.1) is 10.1 Å². The van der Waals surface area contributed by atoms with Crippen LogP contribution in [0.2, 0.25) is 0 Å². The van der Waals surface area contributed by atoms with Crippen molar-refractivity contribution in [3.05, 3.63) is 82.5 Å². The van der Waals surface area contributed by atoms with Gasteiger partial charge in [0.2, 0.25) is 5.91 Å². The summed E-state index contributed by atoms with van der Waals surface area (Å²) < 4.78 is 0. The van der Waals surface area contributed by atoms with E-state index in [9.17, 15) is 14.9 Å². The van der Waals surface area contributed by atoms with Gasteiger partial charge in [0.15, 0.2) is 0 Å². The number of para-hydroxylation sites is 3. The molecule has 3 aromatic rings. The normalized spacial score (nSPS) is 14.5. The standard InChI is InChI=1S/C22H20N4O3/c27-21(11-10-18-6-3-5-17-7-4-12-23-22(17)18)25-15-13-24(14-16-25)19-8-1-2-9-20(19)26(28)29/h1-12H,13-16H2/b11-10+. The number of rotatable bonds is 4. The van der Waals surface area contributed by atoms with E-state index >= 15 is 0 Å². The van der Waals surface area contributed by atoms with Gasteiger partial charge in [0.25, 0.3) is 5.69 Å². The molecule has 29 heavy (non-hydrogen) atoms. The molecular formula is C22H20N4O3. The number of nitro benzene ring substituents is 1. The van der Waals surface area contributed by atoms with Crippen LogP contribution in [0.15, 0.2) is 66.9 Å². The Balaban J connectivity index is 1.43. The van der Waals surface area contributed by atoms with E-state index in [4.69, 9.17) is 0 Å². The number of nitro groups is 1. The lowest BCUT2D eigenvalue weighted by Gasteiger charge is -2.35. The maximum atomic E-state index is 12.6. The van der Waals surface area contributed by atoms with Gasteiger partial charge in [0.05, 0.1) is 10.4 Å². The Morgan fingerprint density at radius 2 is 1.76 bits per heavy atom. The number of carbonyl (C=O) groups excluding carboxylic acids is 1. The fourth-order valence-corrected chi connectivity index (χ4v) is 3.58. The first-order chi connectivity index (χ1) is 14.1. The zero-order chi connectivity index (χ0) is 20.2. The summed E-state index contributed by atoms with van der Waals surface area (Å²) in [5.74, 6) is -0.0693. The monoisotopic (exact) mass is 388 g/mol. The minimum Gasteiger partial charge on any atom is -0.362 e. The summed E-state index contributed by atoms with van der Waals surface area (Å²) in [5.41, 5.74) is 2.45. The van der Waals surface area contributed by atoms with Gasteiger partial charge in [0, 0.05) is 55.5 Å². The Bertz CT molecular complexity index is 1080. The molecule has 1 saturated heterocycles. The quantitative estimate of drug-likeness (QED) is 0.388. The zero-order valence-corrected chi connectivity index (χ0v) is 15.8. The number of piperazine rings is 1. The van der Waals surface area contributed by atoms with Crippen molar-refractivity contribution in [2.24, 2.45) is 0 Å². The zero-order valence-electron chi connectivity index (χ0n) is 15.8. The second kappa shape index (κ2) is 8.10. The average Bonchev–Trinajstić information content (AvgIpc) is 2.77. The third-order valence-electron chi connectivity index (χ3n) is 5.08. The summed E-state index contributed by atoms with van der Waals surface area (Å²) in [6, 6.07) is 16.5. The van der Waals surface area contributed by atoms with Crippen molar-refractivity contribution in [2.75, 3.05) is 31.1 Å². The Labute approximate surface area is 168 Å². The topological polar surface area (TPSA) is 79.6 Å². The average molecular weight is 388 g/mol. The van der Waals surface area contributed by atoms with Crippen LogP contribution in [0.25, 0.3) is 17.0 Å². The number of carbonyl (C=O) groups is 1. The summed E-state index contributed by atoms with van der Waals surface area (Å²) in [6.45, 7) is 2.15. The minimum absolute atomic E-state index is 0.0693. The molecule has 0 saturated carbocycles. The first-order valence-corrected chi connectivity index (χ1v) is 9.42. The van der Waals surface area contributed by atoms with Gasteiger partial charge in [-0.1, -0.05) is 36.4 Å². The predicted molar refractivity (Wildman–Crippen MR) is 113 cm³/mol. The summed E-state index contributed by atoms with van der Waals surface area (Å²) in [7, 11) is 0. The Hall–Kier alpha value is -3.74. The van der Waals surface area contributed by atoms with Gasteiger partial charge in [-0.05, 0) is 18.2 Å². The van der Waals surface area contributed by atoms with E-state index in [1.165, 1.54) is 6.07 Å². The van der Waals surface area contributed by atoms with Gasteiger partial charge in [-0.15, -0.1) is 0 Å². The Kier molecular flexibility index (Phi) is 5.20. The second-order valence-electron chi connectivity index (χ2n) is 6.81. The number of fused-ring (bicyclic) bond motifs is 1. The van der Waals surface area contributed by atoms with E-state index in [0.717, 1.165) is 16.5 Å². The van der Waals surface area contributed by atoms with E-state index in [1.807, 2.05) is 35.2 Å². The first kappa shape index (κ1) is 18.6. The number of benzene rings is 2. The van der Waals surface area contributed by atoms with Gasteiger partial charge in [-0.2, -0.15) is 0 Å². The SMILES string of the molecule is O=C(/C=C/c1cccc2cccnc12)N1CCN(c2ccccc2[N+](=O)[O-])CC1. The molecule has 1 aliphatic heterocycles. The molecule has 0 N–H and O–H groups in total. The molecule has 1 aliphatic rings. The number of pyridine rings is 1. The van der Waals surface area contributed by atoms with Crippen molar-refractivity contribution in [3.8, 4) is 0 Å². The van der Waals surface area contributed by atoms with Gasteiger partial charge < -0.3 is 9.80 Å². The van der Waals surface area contributed by atoms with Gasteiger partial charge >= 0.3 is 0 Å². The molecule has 7 heteroatoms. The molecule has 0 radical (unpaired) electrons. The number of nitrogens with zero attached hydrogens (tertiary/aromatic N) is 4. The smallest absolute Gasteiger partial charge is 0.292 e. The maximum absolute atomic E-state index is 12.6. The second-order valence-corrected chi connectivity index (χ2v) is 6.81. The van der Waals surface area contributed by atoms with Crippen LogP contribution in [0.5, 0.6) is 0 Å². The van der Waals surface area contributed by atoms with Crippen molar-refractivity contribution in [1.82, 2.24) is 9.88 Å². The molecule has 0 aliphatic carbocycles. The van der Waals surface area contributed by atoms with Crippen molar-refractivity contribution < 1.29 is 9.72 Å². The molecule has 1 aromatic heterocycles. The van der Waals surface area contributed by atoms with Gasteiger partial charge in [-0.25, -0.2) is 0 Å². The van der Waals surface area contributed by atoms with Gasteiger partial charge in [-0.3, -0.25) is 19.9 Å². The number of hydrogen-bond donors (Lipinski definition) is 0. The maximum Gasteiger partial charge on any atom is 0.292 e.